The van der Waals surface area contributed by atoms with Gasteiger partial charge in [-0.05, 0) is 6.92 Å². The van der Waals surface area contributed by atoms with Crippen LogP contribution in [0.25, 0.3) is 0 Å². The first kappa shape index (κ1) is 9.97. The van der Waals surface area contributed by atoms with E-state index in [0.717, 1.165) is 0 Å². The van der Waals surface area contributed by atoms with Crippen LogP contribution in [0.5, 0.6) is 0 Å². The number of halogens is 3. The number of nitrogens with zero attached hydrogens (tertiary/aromatic N) is 2. The molecular weight excluding hydrogens is 187 g/mol. The van der Waals surface area contributed by atoms with E-state index < -0.39 is 18.6 Å². The summed E-state index contributed by atoms with van der Waals surface area (Å²) in [6, 6.07) is -0.547. The van der Waals surface area contributed by atoms with Crippen molar-refractivity contribution in [1.82, 2.24) is 10.1 Å². The zero-order valence-corrected chi connectivity index (χ0v) is 6.80. The standard InChI is InChI=1S/C6H8F3N3O/c1-3(10)5-11-4(12-13-5)2-6(7,8)9/h3H,2,10H2,1H3/t3-/m1/s1. The molecule has 0 fully saturated rings. The Hall–Kier alpha value is -1.11. The molecule has 2 N–H and O–H groups in total. The van der Waals surface area contributed by atoms with Crippen LogP contribution in [-0.4, -0.2) is 16.3 Å². The minimum atomic E-state index is -4.32. The second-order valence-corrected chi connectivity index (χ2v) is 2.63. The van der Waals surface area contributed by atoms with Crippen molar-refractivity contribution in [3.8, 4) is 0 Å². The molecule has 0 amide bonds. The fourth-order valence-corrected chi connectivity index (χ4v) is 0.704. The van der Waals surface area contributed by atoms with Crippen molar-refractivity contribution in [2.24, 2.45) is 5.73 Å². The summed E-state index contributed by atoms with van der Waals surface area (Å²) >= 11 is 0. The minimum Gasteiger partial charge on any atom is -0.338 e. The van der Waals surface area contributed by atoms with Crippen molar-refractivity contribution in [3.05, 3.63) is 11.7 Å². The fourth-order valence-electron chi connectivity index (χ4n) is 0.704. The normalized spacial score (nSPS) is 14.5. The summed E-state index contributed by atoms with van der Waals surface area (Å²) in [5.74, 6) is -0.376. The number of hydrogen-bond acceptors (Lipinski definition) is 4. The lowest BCUT2D eigenvalue weighted by molar-refractivity contribution is -0.128. The molecule has 1 atom stereocenters. The van der Waals surface area contributed by atoms with Gasteiger partial charge in [0.2, 0.25) is 5.89 Å². The van der Waals surface area contributed by atoms with Gasteiger partial charge in [0, 0.05) is 0 Å². The van der Waals surface area contributed by atoms with E-state index in [9.17, 15) is 13.2 Å². The molecule has 0 aliphatic rings. The molecule has 0 radical (unpaired) electrons. The molecule has 4 nitrogen and oxygen atoms in total. The van der Waals surface area contributed by atoms with Crippen LogP contribution in [0, 0.1) is 0 Å². The second-order valence-electron chi connectivity index (χ2n) is 2.63. The first-order valence-corrected chi connectivity index (χ1v) is 3.53. The predicted molar refractivity (Wildman–Crippen MR) is 36.7 cm³/mol. The first-order chi connectivity index (χ1) is 5.88. The maximum absolute atomic E-state index is 11.8. The van der Waals surface area contributed by atoms with E-state index in [1.54, 1.807) is 6.92 Å². The molecule has 1 aromatic heterocycles. The quantitative estimate of drug-likeness (QED) is 0.769. The van der Waals surface area contributed by atoms with E-state index >= 15 is 0 Å². The summed E-state index contributed by atoms with van der Waals surface area (Å²) in [5.41, 5.74) is 5.31. The number of aromatic nitrogens is 2. The molecule has 1 rings (SSSR count). The average molecular weight is 195 g/mol. The first-order valence-electron chi connectivity index (χ1n) is 3.53. The van der Waals surface area contributed by atoms with Crippen LogP contribution in [0.4, 0.5) is 13.2 Å². The summed E-state index contributed by atoms with van der Waals surface area (Å²) < 4.78 is 39.9. The average Bonchev–Trinajstić information content (AvgIpc) is 2.31. The Morgan fingerprint density at radius 1 is 1.54 bits per heavy atom. The molecule has 0 bridgehead atoms. The summed E-state index contributed by atoms with van der Waals surface area (Å²) in [6.07, 6.45) is -5.51. The van der Waals surface area contributed by atoms with Crippen molar-refractivity contribution >= 4 is 0 Å². The van der Waals surface area contributed by atoms with Gasteiger partial charge in [0.05, 0.1) is 6.04 Å². The lowest BCUT2D eigenvalue weighted by Gasteiger charge is -2.00. The van der Waals surface area contributed by atoms with Crippen LogP contribution in [-0.2, 0) is 6.42 Å². The highest BCUT2D eigenvalue weighted by molar-refractivity contribution is 4.91. The number of alkyl halides is 3. The molecule has 13 heavy (non-hydrogen) atoms. The van der Waals surface area contributed by atoms with Crippen LogP contribution < -0.4 is 5.73 Å². The SMILES string of the molecule is C[C@@H](N)c1nc(CC(F)(F)F)no1. The Morgan fingerprint density at radius 3 is 2.54 bits per heavy atom. The zero-order valence-electron chi connectivity index (χ0n) is 6.80. The molecular formula is C6H8F3N3O. The molecule has 0 unspecified atom stereocenters. The van der Waals surface area contributed by atoms with Gasteiger partial charge in [-0.3, -0.25) is 0 Å². The summed E-state index contributed by atoms with van der Waals surface area (Å²) in [7, 11) is 0. The van der Waals surface area contributed by atoms with Crippen molar-refractivity contribution in [2.75, 3.05) is 0 Å². The molecule has 0 aliphatic carbocycles. The van der Waals surface area contributed by atoms with E-state index in [2.05, 4.69) is 14.7 Å². The van der Waals surface area contributed by atoms with Crippen LogP contribution >= 0.6 is 0 Å². The van der Waals surface area contributed by atoms with Gasteiger partial charge in [-0.1, -0.05) is 5.16 Å². The summed E-state index contributed by atoms with van der Waals surface area (Å²) in [6.45, 7) is 1.55. The molecule has 7 heteroatoms. The third kappa shape index (κ3) is 3.02. The highest BCUT2D eigenvalue weighted by Gasteiger charge is 2.30. The minimum absolute atomic E-state index is 0.0132. The molecule has 1 heterocycles. The van der Waals surface area contributed by atoms with Crippen LogP contribution in [0.3, 0.4) is 0 Å². The van der Waals surface area contributed by atoms with Gasteiger partial charge in [0.25, 0.3) is 0 Å². The van der Waals surface area contributed by atoms with E-state index in [-0.39, 0.29) is 11.7 Å². The molecule has 0 aliphatic heterocycles. The van der Waals surface area contributed by atoms with E-state index in [0.29, 0.717) is 0 Å². The third-order valence-electron chi connectivity index (χ3n) is 1.23. The monoisotopic (exact) mass is 195 g/mol. The third-order valence-corrected chi connectivity index (χ3v) is 1.23. The Kier molecular flexibility index (Phi) is 2.55. The Bertz CT molecular complexity index is 281. The van der Waals surface area contributed by atoms with E-state index in [1.165, 1.54) is 0 Å². The van der Waals surface area contributed by atoms with Gasteiger partial charge in [0.15, 0.2) is 5.82 Å². The van der Waals surface area contributed by atoms with Gasteiger partial charge in [-0.15, -0.1) is 0 Å². The maximum atomic E-state index is 11.8. The second kappa shape index (κ2) is 3.33. The van der Waals surface area contributed by atoms with Crippen molar-refractivity contribution in [2.45, 2.75) is 25.6 Å². The van der Waals surface area contributed by atoms with Crippen molar-refractivity contribution < 1.29 is 17.7 Å². The summed E-state index contributed by atoms with van der Waals surface area (Å²) in [4.78, 5) is 3.47. The number of nitrogens with two attached hydrogens (primary N) is 1. The topological polar surface area (TPSA) is 64.9 Å². The smallest absolute Gasteiger partial charge is 0.338 e. The maximum Gasteiger partial charge on any atom is 0.396 e. The molecule has 0 spiro atoms. The van der Waals surface area contributed by atoms with E-state index in [1.807, 2.05) is 0 Å². The van der Waals surface area contributed by atoms with Gasteiger partial charge in [0.1, 0.15) is 6.42 Å². The Balaban J connectivity index is 2.70. The van der Waals surface area contributed by atoms with Crippen LogP contribution in [0.2, 0.25) is 0 Å². The molecule has 74 valence electrons. The molecule has 0 saturated heterocycles. The largest absolute Gasteiger partial charge is 0.396 e. The lowest BCUT2D eigenvalue weighted by Crippen LogP contribution is -2.13. The Morgan fingerprint density at radius 2 is 2.15 bits per heavy atom. The lowest BCUT2D eigenvalue weighted by atomic mass is 10.3. The van der Waals surface area contributed by atoms with Crippen LogP contribution in [0.1, 0.15) is 24.7 Å². The van der Waals surface area contributed by atoms with Crippen molar-refractivity contribution in [3.63, 3.8) is 0 Å². The molecule has 1 aromatic rings. The zero-order chi connectivity index (χ0) is 10.1. The molecule has 0 aromatic carbocycles. The molecule has 0 saturated carbocycles. The van der Waals surface area contributed by atoms with Gasteiger partial charge in [-0.25, -0.2) is 0 Å². The van der Waals surface area contributed by atoms with E-state index in [4.69, 9.17) is 5.73 Å². The van der Waals surface area contributed by atoms with Gasteiger partial charge >= 0.3 is 6.18 Å². The van der Waals surface area contributed by atoms with Crippen molar-refractivity contribution in [1.29, 1.82) is 0 Å². The Labute approximate surface area is 71.9 Å². The predicted octanol–water partition coefficient (Wildman–Crippen LogP) is 1.19. The van der Waals surface area contributed by atoms with Gasteiger partial charge in [-0.2, -0.15) is 18.2 Å². The number of hydrogen-bond donors (Lipinski definition) is 1. The van der Waals surface area contributed by atoms with Crippen LogP contribution in [0.15, 0.2) is 4.52 Å². The summed E-state index contributed by atoms with van der Waals surface area (Å²) in [5, 5.41) is 3.14. The number of rotatable bonds is 2. The highest BCUT2D eigenvalue weighted by atomic mass is 19.4. The highest BCUT2D eigenvalue weighted by Crippen LogP contribution is 2.20. The fraction of sp³-hybridized carbons (Fsp3) is 0.667. The van der Waals surface area contributed by atoms with Gasteiger partial charge < -0.3 is 10.3 Å².